The summed E-state index contributed by atoms with van der Waals surface area (Å²) in [6, 6.07) is 2.81. The van der Waals surface area contributed by atoms with E-state index in [1.807, 2.05) is 6.20 Å². The third kappa shape index (κ3) is 5.11. The lowest BCUT2D eigenvalue weighted by Gasteiger charge is -2.16. The van der Waals surface area contributed by atoms with Crippen LogP contribution < -0.4 is 10.6 Å². The molecule has 0 bridgehead atoms. The number of nitrogens with zero attached hydrogens (tertiary/aromatic N) is 1. The Hall–Kier alpha value is -0.610. The molecule has 0 aliphatic heterocycles. The monoisotopic (exact) mass is 325 g/mol. The lowest BCUT2D eigenvalue weighted by atomic mass is 10.1. The van der Waals surface area contributed by atoms with Crippen LogP contribution in [0, 0.1) is 6.92 Å². The van der Waals surface area contributed by atoms with Gasteiger partial charge in [0.2, 0.25) is 0 Å². The van der Waals surface area contributed by atoms with E-state index in [0.717, 1.165) is 29.4 Å². The molecule has 0 unspecified atom stereocenters. The highest BCUT2D eigenvalue weighted by atomic mass is 79.9. The number of rotatable bonds is 5. The summed E-state index contributed by atoms with van der Waals surface area (Å²) in [5.41, 5.74) is 1.18. The van der Waals surface area contributed by atoms with Crippen LogP contribution >= 0.6 is 15.9 Å². The van der Waals surface area contributed by atoms with Crippen molar-refractivity contribution in [1.82, 2.24) is 10.3 Å². The van der Waals surface area contributed by atoms with E-state index in [0.29, 0.717) is 0 Å². The van der Waals surface area contributed by atoms with Gasteiger partial charge in [-0.25, -0.2) is 4.98 Å². The van der Waals surface area contributed by atoms with E-state index < -0.39 is 0 Å². The maximum absolute atomic E-state index is 4.39. The van der Waals surface area contributed by atoms with E-state index in [-0.39, 0.29) is 0 Å². The summed E-state index contributed by atoms with van der Waals surface area (Å²) >= 11 is 3.54. The number of halogens is 1. The van der Waals surface area contributed by atoms with Crippen LogP contribution in [0.3, 0.4) is 0 Å². The number of hydrogen-bond acceptors (Lipinski definition) is 3. The number of nitrogens with one attached hydrogen (secondary N) is 2. The van der Waals surface area contributed by atoms with Crippen LogP contribution in [0.25, 0.3) is 0 Å². The number of aromatic nitrogens is 1. The molecule has 19 heavy (non-hydrogen) atoms. The zero-order valence-corrected chi connectivity index (χ0v) is 13.3. The van der Waals surface area contributed by atoms with Crippen molar-refractivity contribution in [3.05, 3.63) is 22.3 Å². The van der Waals surface area contributed by atoms with E-state index >= 15 is 0 Å². The normalized spacial score (nSPS) is 17.2. The minimum atomic E-state index is 0.721. The Morgan fingerprint density at radius 1 is 1.21 bits per heavy atom. The van der Waals surface area contributed by atoms with E-state index in [4.69, 9.17) is 0 Å². The van der Waals surface area contributed by atoms with Crippen molar-refractivity contribution < 1.29 is 0 Å². The predicted octanol–water partition coefficient (Wildman–Crippen LogP) is 3.88. The molecule has 1 aliphatic rings. The Morgan fingerprint density at radius 2 is 1.95 bits per heavy atom. The maximum atomic E-state index is 4.39. The SMILES string of the molecule is Cc1cnc(NCCNC2CCCCCC2)c(Br)c1. The molecule has 0 spiro atoms. The van der Waals surface area contributed by atoms with Crippen LogP contribution in [-0.2, 0) is 0 Å². The Kier molecular flexibility index (Phi) is 6.11. The van der Waals surface area contributed by atoms with E-state index in [1.54, 1.807) is 0 Å². The molecule has 3 nitrogen and oxygen atoms in total. The van der Waals surface area contributed by atoms with Crippen molar-refractivity contribution in [2.24, 2.45) is 0 Å². The summed E-state index contributed by atoms with van der Waals surface area (Å²) in [5, 5.41) is 7.03. The van der Waals surface area contributed by atoms with Gasteiger partial charge in [0.15, 0.2) is 0 Å². The molecule has 2 N–H and O–H groups in total. The van der Waals surface area contributed by atoms with Crippen LogP contribution in [0.1, 0.15) is 44.1 Å². The third-order valence-corrected chi connectivity index (χ3v) is 4.29. The highest BCUT2D eigenvalue weighted by molar-refractivity contribution is 9.10. The summed E-state index contributed by atoms with van der Waals surface area (Å²) < 4.78 is 1.04. The van der Waals surface area contributed by atoms with Gasteiger partial charge in [-0.3, -0.25) is 0 Å². The summed E-state index contributed by atoms with van der Waals surface area (Å²) in [7, 11) is 0. The molecule has 0 amide bonds. The quantitative estimate of drug-likeness (QED) is 0.637. The molecule has 1 aliphatic carbocycles. The van der Waals surface area contributed by atoms with Crippen molar-refractivity contribution in [2.45, 2.75) is 51.5 Å². The first-order chi connectivity index (χ1) is 9.25. The van der Waals surface area contributed by atoms with Gasteiger partial charge in [-0.15, -0.1) is 0 Å². The van der Waals surface area contributed by atoms with Gasteiger partial charge >= 0.3 is 0 Å². The lowest BCUT2D eigenvalue weighted by Crippen LogP contribution is -2.32. The number of aryl methyl sites for hydroxylation is 1. The topological polar surface area (TPSA) is 37.0 Å². The fraction of sp³-hybridized carbons (Fsp3) is 0.667. The molecular formula is C15H24BrN3. The highest BCUT2D eigenvalue weighted by Gasteiger charge is 2.10. The van der Waals surface area contributed by atoms with Crippen LogP contribution in [0.15, 0.2) is 16.7 Å². The molecule has 0 radical (unpaired) electrons. The second-order valence-electron chi connectivity index (χ2n) is 5.41. The molecule has 106 valence electrons. The molecule has 1 saturated carbocycles. The van der Waals surface area contributed by atoms with Gasteiger partial charge in [0.1, 0.15) is 5.82 Å². The van der Waals surface area contributed by atoms with Gasteiger partial charge in [-0.2, -0.15) is 0 Å². The van der Waals surface area contributed by atoms with Crippen molar-refractivity contribution in [3.63, 3.8) is 0 Å². The third-order valence-electron chi connectivity index (χ3n) is 3.68. The summed E-state index contributed by atoms with van der Waals surface area (Å²) in [6.45, 7) is 3.98. The number of anilines is 1. The molecule has 4 heteroatoms. The van der Waals surface area contributed by atoms with Crippen molar-refractivity contribution >= 4 is 21.7 Å². The second-order valence-corrected chi connectivity index (χ2v) is 6.27. The Bertz CT molecular complexity index is 387. The highest BCUT2D eigenvalue weighted by Crippen LogP contribution is 2.20. The standard InChI is InChI=1S/C15H24BrN3/c1-12-10-14(16)15(19-11-12)18-9-8-17-13-6-4-2-3-5-7-13/h10-11,13,17H,2-9H2,1H3,(H,18,19). The average molecular weight is 326 g/mol. The van der Waals surface area contributed by atoms with Crippen molar-refractivity contribution in [3.8, 4) is 0 Å². The zero-order chi connectivity index (χ0) is 13.5. The number of hydrogen-bond donors (Lipinski definition) is 2. The molecule has 0 aromatic carbocycles. The molecule has 1 fully saturated rings. The molecule has 2 rings (SSSR count). The first-order valence-corrected chi connectivity index (χ1v) is 8.14. The Balaban J connectivity index is 1.68. The smallest absolute Gasteiger partial charge is 0.140 e. The fourth-order valence-corrected chi connectivity index (χ4v) is 3.21. The summed E-state index contributed by atoms with van der Waals surface area (Å²) in [4.78, 5) is 4.39. The summed E-state index contributed by atoms with van der Waals surface area (Å²) in [6.07, 6.45) is 10.2. The van der Waals surface area contributed by atoms with E-state index in [2.05, 4.69) is 44.5 Å². The molecule has 0 atom stereocenters. The van der Waals surface area contributed by atoms with Gasteiger partial charge in [-0.05, 0) is 47.3 Å². The van der Waals surface area contributed by atoms with Gasteiger partial charge in [0, 0.05) is 25.3 Å². The van der Waals surface area contributed by atoms with Crippen LogP contribution in [0.5, 0.6) is 0 Å². The first-order valence-electron chi connectivity index (χ1n) is 7.35. The largest absolute Gasteiger partial charge is 0.368 e. The van der Waals surface area contributed by atoms with E-state index in [9.17, 15) is 0 Å². The van der Waals surface area contributed by atoms with Crippen LogP contribution in [0.4, 0.5) is 5.82 Å². The van der Waals surface area contributed by atoms with Gasteiger partial charge < -0.3 is 10.6 Å². The van der Waals surface area contributed by atoms with Crippen molar-refractivity contribution in [2.75, 3.05) is 18.4 Å². The first kappa shape index (κ1) is 14.8. The fourth-order valence-electron chi connectivity index (χ4n) is 2.60. The average Bonchev–Trinajstić information content (AvgIpc) is 2.65. The minimum Gasteiger partial charge on any atom is -0.368 e. The van der Waals surface area contributed by atoms with E-state index in [1.165, 1.54) is 44.1 Å². The van der Waals surface area contributed by atoms with Crippen molar-refractivity contribution in [1.29, 1.82) is 0 Å². The molecular weight excluding hydrogens is 302 g/mol. The summed E-state index contributed by atoms with van der Waals surface area (Å²) in [5.74, 6) is 0.938. The minimum absolute atomic E-state index is 0.721. The molecule has 0 saturated heterocycles. The molecule has 1 aromatic rings. The maximum Gasteiger partial charge on any atom is 0.140 e. The van der Waals surface area contributed by atoms with Gasteiger partial charge in [0.25, 0.3) is 0 Å². The van der Waals surface area contributed by atoms with Crippen LogP contribution in [-0.4, -0.2) is 24.1 Å². The van der Waals surface area contributed by atoms with Gasteiger partial charge in [0.05, 0.1) is 4.47 Å². The molecule has 1 aromatic heterocycles. The second kappa shape index (κ2) is 7.85. The Morgan fingerprint density at radius 3 is 2.63 bits per heavy atom. The van der Waals surface area contributed by atoms with Gasteiger partial charge in [-0.1, -0.05) is 25.7 Å². The zero-order valence-electron chi connectivity index (χ0n) is 11.7. The lowest BCUT2D eigenvalue weighted by molar-refractivity contribution is 0.468. The molecule has 1 heterocycles. The van der Waals surface area contributed by atoms with Crippen LogP contribution in [0.2, 0.25) is 0 Å². The Labute approximate surface area is 124 Å². The predicted molar refractivity (Wildman–Crippen MR) is 84.7 cm³/mol. The number of pyridine rings is 1.